The van der Waals surface area contributed by atoms with Crippen LogP contribution in [0.4, 0.5) is 0 Å². The van der Waals surface area contributed by atoms with E-state index in [2.05, 4.69) is 0 Å². The van der Waals surface area contributed by atoms with E-state index >= 15 is 0 Å². The maximum Gasteiger partial charge on any atom is 0.0497 e. The van der Waals surface area contributed by atoms with E-state index in [0.29, 0.717) is 11.8 Å². The van der Waals surface area contributed by atoms with Gasteiger partial charge in [-0.1, -0.05) is 6.42 Å². The molecule has 1 rings (SSSR count). The summed E-state index contributed by atoms with van der Waals surface area (Å²) in [6.07, 6.45) is 5.69. The highest BCUT2D eigenvalue weighted by Crippen LogP contribution is 2.30. The predicted molar refractivity (Wildman–Crippen MR) is 57.0 cm³/mol. The number of ether oxygens (including phenoxy) is 1. The quantitative estimate of drug-likeness (QED) is 0.608. The molecule has 3 nitrogen and oxygen atoms in total. The van der Waals surface area contributed by atoms with Crippen LogP contribution >= 0.6 is 0 Å². The van der Waals surface area contributed by atoms with E-state index in [9.17, 15) is 0 Å². The molecule has 2 atom stereocenters. The van der Waals surface area contributed by atoms with Gasteiger partial charge in [0.2, 0.25) is 0 Å². The monoisotopic (exact) mass is 201 g/mol. The van der Waals surface area contributed by atoms with Crippen molar-refractivity contribution in [3.05, 3.63) is 0 Å². The molecule has 0 radical (unpaired) electrons. The second kappa shape index (κ2) is 7.21. The van der Waals surface area contributed by atoms with Crippen LogP contribution in [-0.2, 0) is 4.74 Å². The molecule has 0 aromatic heterocycles. The topological polar surface area (TPSA) is 55.5 Å². The van der Waals surface area contributed by atoms with E-state index in [4.69, 9.17) is 15.6 Å². The molecule has 0 saturated heterocycles. The summed E-state index contributed by atoms with van der Waals surface area (Å²) >= 11 is 0. The minimum absolute atomic E-state index is 0.276. The zero-order valence-electron chi connectivity index (χ0n) is 8.95. The number of aliphatic hydroxyl groups is 1. The van der Waals surface area contributed by atoms with E-state index in [0.717, 1.165) is 32.6 Å². The van der Waals surface area contributed by atoms with Crippen molar-refractivity contribution in [3.8, 4) is 0 Å². The molecule has 1 saturated carbocycles. The second-order valence-electron chi connectivity index (χ2n) is 4.19. The lowest BCUT2D eigenvalue weighted by Crippen LogP contribution is -2.22. The minimum atomic E-state index is 0.276. The van der Waals surface area contributed by atoms with Gasteiger partial charge in [-0.3, -0.25) is 0 Å². The van der Waals surface area contributed by atoms with Crippen molar-refractivity contribution in [2.45, 2.75) is 32.1 Å². The van der Waals surface area contributed by atoms with Crippen LogP contribution in [0.1, 0.15) is 32.1 Å². The summed E-state index contributed by atoms with van der Waals surface area (Å²) in [5, 5.41) is 8.59. The number of unbranched alkanes of at least 4 members (excludes halogenated alkanes) is 1. The Morgan fingerprint density at radius 2 is 2.00 bits per heavy atom. The Kier molecular flexibility index (Phi) is 6.15. The Morgan fingerprint density at radius 3 is 2.71 bits per heavy atom. The molecule has 1 fully saturated rings. The van der Waals surface area contributed by atoms with Crippen molar-refractivity contribution in [3.63, 3.8) is 0 Å². The molecule has 3 N–H and O–H groups in total. The van der Waals surface area contributed by atoms with Gasteiger partial charge in [-0.05, 0) is 44.1 Å². The summed E-state index contributed by atoms with van der Waals surface area (Å²) < 4.78 is 5.59. The largest absolute Gasteiger partial charge is 0.396 e. The Morgan fingerprint density at radius 1 is 1.21 bits per heavy atom. The molecule has 84 valence electrons. The fraction of sp³-hybridized carbons (Fsp3) is 1.00. The van der Waals surface area contributed by atoms with Gasteiger partial charge in [0.1, 0.15) is 0 Å². The maximum atomic E-state index is 8.59. The average Bonchev–Trinajstić information content (AvgIpc) is 2.65. The van der Waals surface area contributed by atoms with Crippen LogP contribution in [-0.4, -0.2) is 31.5 Å². The smallest absolute Gasteiger partial charge is 0.0497 e. The molecule has 0 aromatic carbocycles. The van der Waals surface area contributed by atoms with E-state index in [1.807, 2.05) is 0 Å². The Labute approximate surface area is 86.6 Å². The third-order valence-corrected chi connectivity index (χ3v) is 3.15. The van der Waals surface area contributed by atoms with E-state index in [1.54, 1.807) is 0 Å². The summed E-state index contributed by atoms with van der Waals surface area (Å²) in [5.41, 5.74) is 5.69. The first-order valence-electron chi connectivity index (χ1n) is 5.77. The van der Waals surface area contributed by atoms with Gasteiger partial charge in [0.05, 0.1) is 0 Å². The highest BCUT2D eigenvalue weighted by atomic mass is 16.5. The fourth-order valence-corrected chi connectivity index (χ4v) is 2.19. The first-order valence-corrected chi connectivity index (χ1v) is 5.77. The molecule has 1 aliphatic carbocycles. The average molecular weight is 201 g/mol. The summed E-state index contributed by atoms with van der Waals surface area (Å²) in [6.45, 7) is 2.74. The SMILES string of the molecule is NCC1CCCC1COCCCCO. The van der Waals surface area contributed by atoms with Crippen molar-refractivity contribution in [1.29, 1.82) is 0 Å². The molecule has 0 amide bonds. The second-order valence-corrected chi connectivity index (χ2v) is 4.19. The first-order chi connectivity index (χ1) is 6.88. The van der Waals surface area contributed by atoms with Crippen molar-refractivity contribution < 1.29 is 9.84 Å². The third-order valence-electron chi connectivity index (χ3n) is 3.15. The normalized spacial score (nSPS) is 27.0. The van der Waals surface area contributed by atoms with Crippen LogP contribution in [0, 0.1) is 11.8 Å². The van der Waals surface area contributed by atoms with E-state index in [-0.39, 0.29) is 6.61 Å². The lowest BCUT2D eigenvalue weighted by atomic mass is 9.97. The van der Waals surface area contributed by atoms with E-state index < -0.39 is 0 Å². The predicted octanol–water partition coefficient (Wildman–Crippen LogP) is 1.15. The van der Waals surface area contributed by atoms with Gasteiger partial charge in [0.15, 0.2) is 0 Å². The Hall–Kier alpha value is -0.120. The van der Waals surface area contributed by atoms with Crippen LogP contribution in [0.25, 0.3) is 0 Å². The van der Waals surface area contributed by atoms with Crippen molar-refractivity contribution >= 4 is 0 Å². The molecule has 2 unspecified atom stereocenters. The highest BCUT2D eigenvalue weighted by Gasteiger charge is 2.25. The van der Waals surface area contributed by atoms with Crippen molar-refractivity contribution in [2.75, 3.05) is 26.4 Å². The standard InChI is InChI=1S/C11H23NO2/c12-8-10-4-3-5-11(10)9-14-7-2-1-6-13/h10-11,13H,1-9,12H2. The molecule has 0 spiro atoms. The number of rotatable bonds is 7. The van der Waals surface area contributed by atoms with Gasteiger partial charge >= 0.3 is 0 Å². The zero-order chi connectivity index (χ0) is 10.2. The number of hydrogen-bond donors (Lipinski definition) is 2. The molecule has 0 heterocycles. The van der Waals surface area contributed by atoms with Crippen LogP contribution in [0.2, 0.25) is 0 Å². The molecule has 0 aliphatic heterocycles. The lowest BCUT2D eigenvalue weighted by molar-refractivity contribution is 0.0816. The Bertz CT molecular complexity index is 141. The first kappa shape index (κ1) is 12.0. The summed E-state index contributed by atoms with van der Waals surface area (Å²) in [6, 6.07) is 0. The molecular formula is C11H23NO2. The number of nitrogens with two attached hydrogens (primary N) is 1. The van der Waals surface area contributed by atoms with Gasteiger partial charge in [-0.15, -0.1) is 0 Å². The summed E-state index contributed by atoms with van der Waals surface area (Å²) in [4.78, 5) is 0. The third kappa shape index (κ3) is 3.95. The molecule has 14 heavy (non-hydrogen) atoms. The van der Waals surface area contributed by atoms with Crippen LogP contribution in [0.3, 0.4) is 0 Å². The minimum Gasteiger partial charge on any atom is -0.396 e. The van der Waals surface area contributed by atoms with Gasteiger partial charge in [-0.2, -0.15) is 0 Å². The highest BCUT2D eigenvalue weighted by molar-refractivity contribution is 4.77. The van der Waals surface area contributed by atoms with Crippen LogP contribution < -0.4 is 5.73 Å². The van der Waals surface area contributed by atoms with Crippen molar-refractivity contribution in [1.82, 2.24) is 0 Å². The van der Waals surface area contributed by atoms with Gasteiger partial charge in [0, 0.05) is 19.8 Å². The fourth-order valence-electron chi connectivity index (χ4n) is 2.19. The number of hydrogen-bond acceptors (Lipinski definition) is 3. The van der Waals surface area contributed by atoms with Gasteiger partial charge in [0.25, 0.3) is 0 Å². The lowest BCUT2D eigenvalue weighted by Gasteiger charge is -2.17. The van der Waals surface area contributed by atoms with Crippen LogP contribution in [0.5, 0.6) is 0 Å². The molecule has 1 aliphatic rings. The van der Waals surface area contributed by atoms with E-state index in [1.165, 1.54) is 19.3 Å². The molecule has 0 bridgehead atoms. The summed E-state index contributed by atoms with van der Waals surface area (Å²) in [5.74, 6) is 1.38. The molecule has 3 heteroatoms. The van der Waals surface area contributed by atoms with Gasteiger partial charge < -0.3 is 15.6 Å². The van der Waals surface area contributed by atoms with Gasteiger partial charge in [-0.25, -0.2) is 0 Å². The molecule has 0 aromatic rings. The summed E-state index contributed by atoms with van der Waals surface area (Å²) in [7, 11) is 0. The zero-order valence-corrected chi connectivity index (χ0v) is 8.95. The number of aliphatic hydroxyl groups excluding tert-OH is 1. The Balaban J connectivity index is 2.00. The molecular weight excluding hydrogens is 178 g/mol. The van der Waals surface area contributed by atoms with Crippen LogP contribution in [0.15, 0.2) is 0 Å². The van der Waals surface area contributed by atoms with Crippen molar-refractivity contribution in [2.24, 2.45) is 17.6 Å². The maximum absolute atomic E-state index is 8.59.